The van der Waals surface area contributed by atoms with Crippen molar-refractivity contribution in [3.05, 3.63) is 83.2 Å². The Kier molecular flexibility index (Phi) is 3.76. The smallest absolute Gasteiger partial charge is 0.191 e. The Hall–Kier alpha value is -3.08. The molecule has 2 aromatic rings. The zero-order valence-corrected chi connectivity index (χ0v) is 13.7. The van der Waals surface area contributed by atoms with Gasteiger partial charge in [0.25, 0.3) is 0 Å². The van der Waals surface area contributed by atoms with Crippen molar-refractivity contribution in [2.24, 2.45) is 10.9 Å². The topological polar surface area (TPSA) is 54.4 Å². The molecule has 1 unspecified atom stereocenters. The second kappa shape index (κ2) is 6.09. The number of aryl methyl sites for hydroxylation is 1. The molecule has 4 rings (SSSR count). The van der Waals surface area contributed by atoms with Crippen LogP contribution < -0.4 is 5.32 Å². The third-order valence-electron chi connectivity index (χ3n) is 4.60. The maximum atomic E-state index is 13.6. The summed E-state index contributed by atoms with van der Waals surface area (Å²) in [5.74, 6) is 0.0431. The number of carbonyl (C=O) groups excluding carboxylic acids is 1. The van der Waals surface area contributed by atoms with Gasteiger partial charge < -0.3 is 5.32 Å². The summed E-state index contributed by atoms with van der Waals surface area (Å²) in [7, 11) is 0. The van der Waals surface area contributed by atoms with Crippen LogP contribution in [0.3, 0.4) is 0 Å². The number of carbonyl (C=O) groups is 1. The number of nitrogens with one attached hydrogen (secondary N) is 1. The Morgan fingerprint density at radius 1 is 1.32 bits per heavy atom. The average molecular weight is 333 g/mol. The number of amidine groups is 1. The van der Waals surface area contributed by atoms with Crippen LogP contribution in [0, 0.1) is 18.7 Å². The van der Waals surface area contributed by atoms with E-state index in [2.05, 4.69) is 15.3 Å². The van der Waals surface area contributed by atoms with E-state index in [1.807, 2.05) is 25.3 Å². The minimum absolute atomic E-state index is 0.143. The molecule has 0 amide bonds. The highest BCUT2D eigenvalue weighted by Gasteiger charge is 2.34. The molecule has 0 saturated heterocycles. The van der Waals surface area contributed by atoms with E-state index in [4.69, 9.17) is 0 Å². The fourth-order valence-electron chi connectivity index (χ4n) is 3.22. The maximum absolute atomic E-state index is 13.6. The molecule has 1 aromatic carbocycles. The van der Waals surface area contributed by atoms with Crippen LogP contribution in [-0.2, 0) is 0 Å². The van der Waals surface area contributed by atoms with E-state index in [1.165, 1.54) is 12.1 Å². The zero-order valence-electron chi connectivity index (χ0n) is 13.7. The summed E-state index contributed by atoms with van der Waals surface area (Å²) < 4.78 is 13.6. The highest BCUT2D eigenvalue weighted by Crippen LogP contribution is 2.34. The molecule has 4 nitrogen and oxygen atoms in total. The number of pyridine rings is 1. The fraction of sp³-hybridized carbons (Fsp3) is 0.150. The van der Waals surface area contributed by atoms with Crippen molar-refractivity contribution in [2.75, 3.05) is 0 Å². The summed E-state index contributed by atoms with van der Waals surface area (Å²) in [4.78, 5) is 21.5. The van der Waals surface area contributed by atoms with E-state index in [0.29, 0.717) is 17.6 Å². The number of hydrogen-bond donors (Lipinski definition) is 1. The average Bonchev–Trinajstić information content (AvgIpc) is 3.07. The van der Waals surface area contributed by atoms with E-state index in [-0.39, 0.29) is 11.7 Å². The molecule has 1 N–H and O–H groups in total. The minimum atomic E-state index is -0.408. The van der Waals surface area contributed by atoms with Gasteiger partial charge in [-0.3, -0.25) is 9.78 Å². The Bertz CT molecular complexity index is 945. The third-order valence-corrected chi connectivity index (χ3v) is 4.60. The summed E-state index contributed by atoms with van der Waals surface area (Å²) in [6.07, 6.45) is 7.67. The van der Waals surface area contributed by atoms with Crippen molar-refractivity contribution in [1.29, 1.82) is 0 Å². The Labute approximate surface area is 144 Å². The first-order valence-electron chi connectivity index (χ1n) is 8.08. The lowest BCUT2D eigenvalue weighted by molar-refractivity contribution is 0.102. The van der Waals surface area contributed by atoms with Crippen LogP contribution in [0.4, 0.5) is 4.39 Å². The lowest BCUT2D eigenvalue weighted by Crippen LogP contribution is -2.25. The van der Waals surface area contributed by atoms with Crippen LogP contribution in [0.15, 0.2) is 65.7 Å². The Morgan fingerprint density at radius 3 is 3.00 bits per heavy atom. The number of Topliss-reactive ketones (excluding diaryl/α,β-unsaturated/α-hetero) is 1. The first-order chi connectivity index (χ1) is 12.1. The molecule has 3 heterocycles. The molecule has 5 heteroatoms. The normalized spacial score (nSPS) is 18.6. The molecular weight excluding hydrogens is 317 g/mol. The number of halogens is 1. The lowest BCUT2D eigenvalue weighted by Gasteiger charge is -2.20. The van der Waals surface area contributed by atoms with Gasteiger partial charge >= 0.3 is 0 Å². The van der Waals surface area contributed by atoms with E-state index in [1.54, 1.807) is 24.7 Å². The van der Waals surface area contributed by atoms with E-state index >= 15 is 0 Å². The van der Waals surface area contributed by atoms with Gasteiger partial charge in [0.15, 0.2) is 5.78 Å². The molecular formula is C20H16FN3O. The van der Waals surface area contributed by atoms with Gasteiger partial charge in [0.05, 0.1) is 5.92 Å². The predicted octanol–water partition coefficient (Wildman–Crippen LogP) is 3.66. The molecule has 124 valence electrons. The van der Waals surface area contributed by atoms with E-state index < -0.39 is 5.82 Å². The molecule has 0 bridgehead atoms. The number of benzene rings is 1. The summed E-state index contributed by atoms with van der Waals surface area (Å²) in [6.45, 7) is 1.81. The number of allylic oxidation sites excluding steroid dienone is 1. The number of fused-ring (bicyclic) bond motifs is 1. The van der Waals surface area contributed by atoms with E-state index in [0.717, 1.165) is 22.5 Å². The summed E-state index contributed by atoms with van der Waals surface area (Å²) in [6, 6.07) is 8.14. The summed E-state index contributed by atoms with van der Waals surface area (Å²) in [5.41, 5.74) is 3.79. The van der Waals surface area contributed by atoms with Crippen molar-refractivity contribution in [2.45, 2.75) is 13.3 Å². The molecule has 0 saturated carbocycles. The van der Waals surface area contributed by atoms with Crippen molar-refractivity contribution < 1.29 is 9.18 Å². The van der Waals surface area contributed by atoms with Crippen molar-refractivity contribution in [1.82, 2.24) is 10.3 Å². The van der Waals surface area contributed by atoms with Crippen LogP contribution in [-0.4, -0.2) is 16.6 Å². The monoisotopic (exact) mass is 333 g/mol. The van der Waals surface area contributed by atoms with Crippen LogP contribution in [0.1, 0.15) is 27.9 Å². The minimum Gasteiger partial charge on any atom is -0.349 e. The summed E-state index contributed by atoms with van der Waals surface area (Å²) in [5, 5.41) is 3.08. The molecule has 0 radical (unpaired) electrons. The first-order valence-corrected chi connectivity index (χ1v) is 8.08. The standard InChI is InChI=1S/C20H16FN3O/c1-12-4-5-15(21)8-16(12)19(25)18-11-24-20-17(18)7-14(10-23-20)13-3-2-6-22-9-13/h2-6,8-11,17H,7H2,1H3,(H,23,24). The number of hydrogen-bond acceptors (Lipinski definition) is 4. The maximum Gasteiger partial charge on any atom is 0.191 e. The van der Waals surface area contributed by atoms with Gasteiger partial charge in [0.2, 0.25) is 0 Å². The SMILES string of the molecule is Cc1ccc(F)cc1C(=O)C1=CNC2=NC=C(c3cccnc3)CC12. The van der Waals surface area contributed by atoms with Crippen molar-refractivity contribution in [3.8, 4) is 0 Å². The number of ketones is 1. The molecule has 0 fully saturated rings. The van der Waals surface area contributed by atoms with Gasteiger partial charge in [-0.2, -0.15) is 0 Å². The van der Waals surface area contributed by atoms with Gasteiger partial charge in [-0.25, -0.2) is 9.38 Å². The highest BCUT2D eigenvalue weighted by atomic mass is 19.1. The third kappa shape index (κ3) is 2.78. The Balaban J connectivity index is 1.64. The quantitative estimate of drug-likeness (QED) is 0.872. The largest absolute Gasteiger partial charge is 0.349 e. The van der Waals surface area contributed by atoms with Crippen molar-refractivity contribution >= 4 is 17.2 Å². The predicted molar refractivity (Wildman–Crippen MR) is 94.4 cm³/mol. The second-order valence-electron chi connectivity index (χ2n) is 6.20. The van der Waals surface area contributed by atoms with Crippen LogP contribution in [0.2, 0.25) is 0 Å². The molecule has 2 aliphatic heterocycles. The highest BCUT2D eigenvalue weighted by molar-refractivity contribution is 6.15. The number of aromatic nitrogens is 1. The lowest BCUT2D eigenvalue weighted by atomic mass is 9.85. The van der Waals surface area contributed by atoms with Gasteiger partial charge in [0, 0.05) is 35.9 Å². The van der Waals surface area contributed by atoms with Crippen molar-refractivity contribution in [3.63, 3.8) is 0 Å². The van der Waals surface area contributed by atoms with Crippen LogP contribution in [0.25, 0.3) is 5.57 Å². The zero-order chi connectivity index (χ0) is 17.4. The summed E-state index contributed by atoms with van der Waals surface area (Å²) >= 11 is 0. The van der Waals surface area contributed by atoms with Gasteiger partial charge in [-0.15, -0.1) is 0 Å². The molecule has 25 heavy (non-hydrogen) atoms. The first kappa shape index (κ1) is 15.4. The van der Waals surface area contributed by atoms with Gasteiger partial charge in [-0.1, -0.05) is 12.1 Å². The van der Waals surface area contributed by atoms with Crippen LogP contribution >= 0.6 is 0 Å². The molecule has 1 atom stereocenters. The molecule has 1 aromatic heterocycles. The van der Waals surface area contributed by atoms with Gasteiger partial charge in [0.1, 0.15) is 11.7 Å². The van der Waals surface area contributed by atoms with Gasteiger partial charge in [-0.05, 0) is 48.2 Å². The molecule has 0 spiro atoms. The number of aliphatic imine (C=N–C) groups is 1. The van der Waals surface area contributed by atoms with Crippen LogP contribution in [0.5, 0.6) is 0 Å². The molecule has 2 aliphatic rings. The van der Waals surface area contributed by atoms with E-state index in [9.17, 15) is 9.18 Å². The second-order valence-corrected chi connectivity index (χ2v) is 6.20. The Morgan fingerprint density at radius 2 is 2.20 bits per heavy atom. The number of nitrogens with zero attached hydrogens (tertiary/aromatic N) is 2. The fourth-order valence-corrected chi connectivity index (χ4v) is 3.22. The molecule has 0 aliphatic carbocycles. The number of rotatable bonds is 3.